The minimum atomic E-state index is -0.171. The van der Waals surface area contributed by atoms with Crippen LogP contribution in [0.1, 0.15) is 13.8 Å². The van der Waals surface area contributed by atoms with E-state index >= 15 is 0 Å². The summed E-state index contributed by atoms with van der Waals surface area (Å²) in [5.74, 6) is 1.04. The first-order valence-electron chi connectivity index (χ1n) is 5.56. The highest BCUT2D eigenvalue weighted by Crippen LogP contribution is 2.17. The summed E-state index contributed by atoms with van der Waals surface area (Å²) in [6, 6.07) is 0.246. The van der Waals surface area contributed by atoms with E-state index < -0.39 is 0 Å². The Labute approximate surface area is 110 Å². The second-order valence-electron chi connectivity index (χ2n) is 4.65. The van der Waals surface area contributed by atoms with Crippen LogP contribution in [0.15, 0.2) is 15.6 Å². The monoisotopic (exact) mass is 302 g/mol. The smallest absolute Gasteiger partial charge is 0.267 e. The Hall–Kier alpha value is -0.880. The molecular weight excluding hydrogens is 284 g/mol. The normalized spacial score (nSPS) is 13.1. The number of nitrogens with one attached hydrogen (secondary N) is 2. The molecule has 0 spiro atoms. The summed E-state index contributed by atoms with van der Waals surface area (Å²) in [6.45, 7) is 5.17. The Morgan fingerprint density at radius 1 is 1.53 bits per heavy atom. The van der Waals surface area contributed by atoms with Crippen molar-refractivity contribution in [3.8, 4) is 0 Å². The molecule has 0 aliphatic carbocycles. The number of aromatic amines is 1. The molecule has 0 saturated carbocycles. The largest absolute Gasteiger partial charge is 0.365 e. The Balaban J connectivity index is 2.86. The summed E-state index contributed by atoms with van der Waals surface area (Å²) in [4.78, 5) is 20.2. The van der Waals surface area contributed by atoms with Gasteiger partial charge in [0.25, 0.3) is 5.56 Å². The molecule has 0 radical (unpaired) electrons. The molecule has 1 atom stereocenters. The van der Waals surface area contributed by atoms with E-state index in [0.717, 1.165) is 6.54 Å². The minimum Gasteiger partial charge on any atom is -0.365 e. The highest BCUT2D eigenvalue weighted by atomic mass is 79.9. The Morgan fingerprint density at radius 2 is 2.18 bits per heavy atom. The van der Waals surface area contributed by atoms with E-state index in [4.69, 9.17) is 0 Å². The molecule has 2 N–H and O–H groups in total. The highest BCUT2D eigenvalue weighted by Gasteiger charge is 2.16. The van der Waals surface area contributed by atoms with Gasteiger partial charge in [0.05, 0.1) is 6.33 Å². The second-order valence-corrected chi connectivity index (χ2v) is 5.44. The van der Waals surface area contributed by atoms with Gasteiger partial charge < -0.3 is 15.2 Å². The molecule has 1 aromatic heterocycles. The van der Waals surface area contributed by atoms with E-state index in [2.05, 4.69) is 50.0 Å². The molecule has 0 bridgehead atoms. The molecule has 0 fully saturated rings. The summed E-state index contributed by atoms with van der Waals surface area (Å²) >= 11 is 3.24. The first-order chi connectivity index (χ1) is 7.91. The third-order valence-electron chi connectivity index (χ3n) is 2.49. The number of hydrogen-bond acceptors (Lipinski definition) is 4. The summed E-state index contributed by atoms with van der Waals surface area (Å²) in [6.07, 6.45) is 1.41. The van der Waals surface area contributed by atoms with Gasteiger partial charge in [-0.2, -0.15) is 0 Å². The zero-order valence-electron chi connectivity index (χ0n) is 10.6. The fourth-order valence-electron chi connectivity index (χ4n) is 1.48. The van der Waals surface area contributed by atoms with Gasteiger partial charge in [0, 0.05) is 12.6 Å². The fraction of sp³-hybridized carbons (Fsp3) is 0.636. The van der Waals surface area contributed by atoms with E-state index in [9.17, 15) is 4.79 Å². The molecule has 96 valence electrons. The third kappa shape index (κ3) is 4.12. The van der Waals surface area contributed by atoms with Crippen molar-refractivity contribution >= 4 is 21.7 Å². The van der Waals surface area contributed by atoms with Crippen molar-refractivity contribution in [2.45, 2.75) is 19.9 Å². The maximum absolute atomic E-state index is 11.4. The predicted molar refractivity (Wildman–Crippen MR) is 73.4 cm³/mol. The lowest BCUT2D eigenvalue weighted by atomic mass is 10.0. The Morgan fingerprint density at radius 3 is 2.71 bits per heavy atom. The van der Waals surface area contributed by atoms with Crippen molar-refractivity contribution in [2.24, 2.45) is 5.92 Å². The maximum Gasteiger partial charge on any atom is 0.267 e. The van der Waals surface area contributed by atoms with Gasteiger partial charge in [0.2, 0.25) is 0 Å². The van der Waals surface area contributed by atoms with Crippen molar-refractivity contribution in [2.75, 3.05) is 26.0 Å². The van der Waals surface area contributed by atoms with Gasteiger partial charge in [0.1, 0.15) is 10.3 Å². The average molecular weight is 303 g/mol. The minimum absolute atomic E-state index is 0.171. The topological polar surface area (TPSA) is 61.0 Å². The van der Waals surface area contributed by atoms with Crippen molar-refractivity contribution < 1.29 is 0 Å². The van der Waals surface area contributed by atoms with Crippen LogP contribution < -0.4 is 10.9 Å². The van der Waals surface area contributed by atoms with Gasteiger partial charge in [-0.1, -0.05) is 13.8 Å². The van der Waals surface area contributed by atoms with Gasteiger partial charge in [-0.15, -0.1) is 0 Å². The average Bonchev–Trinajstić information content (AvgIpc) is 2.22. The van der Waals surface area contributed by atoms with Gasteiger partial charge in [0.15, 0.2) is 0 Å². The van der Waals surface area contributed by atoms with Crippen LogP contribution in [0.3, 0.4) is 0 Å². The summed E-state index contributed by atoms with van der Waals surface area (Å²) in [5.41, 5.74) is -0.171. The Bertz CT molecular complexity index is 416. The quantitative estimate of drug-likeness (QED) is 0.866. The van der Waals surface area contributed by atoms with E-state index in [1.165, 1.54) is 6.33 Å². The van der Waals surface area contributed by atoms with Crippen LogP contribution in [0.5, 0.6) is 0 Å². The van der Waals surface area contributed by atoms with Crippen LogP contribution in [-0.4, -0.2) is 41.5 Å². The summed E-state index contributed by atoms with van der Waals surface area (Å²) in [7, 11) is 4.05. The lowest BCUT2D eigenvalue weighted by molar-refractivity contribution is 0.344. The van der Waals surface area contributed by atoms with E-state index in [1.807, 2.05) is 14.1 Å². The number of likely N-dealkylation sites (N-methyl/N-ethyl adjacent to an activating group) is 1. The third-order valence-corrected chi connectivity index (χ3v) is 3.22. The van der Waals surface area contributed by atoms with Crippen molar-refractivity contribution in [1.82, 2.24) is 14.9 Å². The number of anilines is 1. The molecule has 1 heterocycles. The van der Waals surface area contributed by atoms with E-state index in [-0.39, 0.29) is 11.6 Å². The van der Waals surface area contributed by atoms with Gasteiger partial charge in [-0.05, 0) is 35.9 Å². The molecule has 0 saturated heterocycles. The number of H-pyrrole nitrogens is 1. The summed E-state index contributed by atoms with van der Waals surface area (Å²) in [5, 5.41) is 3.30. The number of hydrogen-bond donors (Lipinski definition) is 2. The molecule has 5 nitrogen and oxygen atoms in total. The van der Waals surface area contributed by atoms with E-state index in [1.54, 1.807) is 0 Å². The Kier molecular flexibility index (Phi) is 5.14. The SMILES string of the molecule is CC(C)C(CN(C)C)Nc1nc[nH]c(=O)c1Br. The molecule has 0 aliphatic rings. The molecule has 1 unspecified atom stereocenters. The van der Waals surface area contributed by atoms with Crippen molar-refractivity contribution in [3.63, 3.8) is 0 Å². The van der Waals surface area contributed by atoms with Crippen LogP contribution >= 0.6 is 15.9 Å². The first kappa shape index (κ1) is 14.2. The lowest BCUT2D eigenvalue weighted by Gasteiger charge is -2.26. The van der Waals surface area contributed by atoms with Gasteiger partial charge in [-0.25, -0.2) is 4.98 Å². The highest BCUT2D eigenvalue weighted by molar-refractivity contribution is 9.10. The predicted octanol–water partition coefficient (Wildman–Crippen LogP) is 1.53. The molecule has 1 aromatic rings. The van der Waals surface area contributed by atoms with Crippen molar-refractivity contribution in [1.29, 1.82) is 0 Å². The second kappa shape index (κ2) is 6.16. The lowest BCUT2D eigenvalue weighted by Crippen LogP contribution is -2.37. The molecule has 6 heteroatoms. The molecule has 0 amide bonds. The zero-order chi connectivity index (χ0) is 13.0. The molecule has 17 heavy (non-hydrogen) atoms. The van der Waals surface area contributed by atoms with Gasteiger partial charge in [-0.3, -0.25) is 4.79 Å². The van der Waals surface area contributed by atoms with Crippen molar-refractivity contribution in [3.05, 3.63) is 21.2 Å². The molecule has 1 rings (SSSR count). The number of rotatable bonds is 5. The molecular formula is C11H19BrN4O. The first-order valence-corrected chi connectivity index (χ1v) is 6.35. The van der Waals surface area contributed by atoms with Crippen LogP contribution in [-0.2, 0) is 0 Å². The number of nitrogens with zero attached hydrogens (tertiary/aromatic N) is 2. The zero-order valence-corrected chi connectivity index (χ0v) is 12.2. The van der Waals surface area contributed by atoms with Gasteiger partial charge >= 0.3 is 0 Å². The number of halogens is 1. The molecule has 0 aliphatic heterocycles. The van der Waals surface area contributed by atoms with Crippen LogP contribution in [0, 0.1) is 5.92 Å². The van der Waals surface area contributed by atoms with Crippen LogP contribution in [0.2, 0.25) is 0 Å². The summed E-state index contributed by atoms with van der Waals surface area (Å²) < 4.78 is 0.449. The molecule has 0 aromatic carbocycles. The van der Waals surface area contributed by atoms with Crippen LogP contribution in [0.25, 0.3) is 0 Å². The van der Waals surface area contributed by atoms with E-state index in [0.29, 0.717) is 16.2 Å². The van der Waals surface area contributed by atoms with Crippen LogP contribution in [0.4, 0.5) is 5.82 Å². The standard InChI is InChI=1S/C11H19BrN4O/c1-7(2)8(5-16(3)4)15-10-9(12)11(17)14-6-13-10/h6-8H,5H2,1-4H3,(H2,13,14,15,17). The maximum atomic E-state index is 11.4. The number of aromatic nitrogens is 2. The fourth-order valence-corrected chi connectivity index (χ4v) is 1.81.